The molecule has 4 nitrogen and oxygen atoms in total. The van der Waals surface area contributed by atoms with Gasteiger partial charge in [-0.2, -0.15) is 0 Å². The van der Waals surface area contributed by atoms with Crippen molar-refractivity contribution in [3.05, 3.63) is 71.6 Å². The molecule has 0 radical (unpaired) electrons. The normalized spacial score (nSPS) is 10.5. The largest absolute Gasteiger partial charge is 0.478 e. The number of hydrogen-bond acceptors (Lipinski definition) is 3. The van der Waals surface area contributed by atoms with Gasteiger partial charge in [0.05, 0.1) is 5.56 Å². The summed E-state index contributed by atoms with van der Waals surface area (Å²) in [4.78, 5) is 22.5. The van der Waals surface area contributed by atoms with Gasteiger partial charge in [-0.1, -0.05) is 18.2 Å². The molecule has 2 rings (SSSR count). The number of carbonyl (C=O) groups is 2. The molecule has 0 aliphatic heterocycles. The third-order valence-corrected chi connectivity index (χ3v) is 2.61. The summed E-state index contributed by atoms with van der Waals surface area (Å²) < 4.78 is 18.0. The van der Waals surface area contributed by atoms with Crippen LogP contribution in [0, 0.1) is 5.82 Å². The fraction of sp³-hybridized carbons (Fsp3) is 0. The number of para-hydroxylation sites is 1. The maximum absolute atomic E-state index is 12.8. The summed E-state index contributed by atoms with van der Waals surface area (Å²) in [6, 6.07) is 11.5. The van der Waals surface area contributed by atoms with E-state index in [1.54, 1.807) is 24.3 Å². The molecule has 5 heteroatoms. The SMILES string of the molecule is O=C(O)/C=C/c1ccccc1OC(=O)c1ccc(F)cc1. The number of halogens is 1. The van der Waals surface area contributed by atoms with Crippen molar-refractivity contribution in [3.63, 3.8) is 0 Å². The number of rotatable bonds is 4. The van der Waals surface area contributed by atoms with Gasteiger partial charge < -0.3 is 9.84 Å². The Hall–Kier alpha value is -2.95. The number of benzene rings is 2. The zero-order valence-corrected chi connectivity index (χ0v) is 10.8. The molecule has 0 bridgehead atoms. The van der Waals surface area contributed by atoms with E-state index in [-0.39, 0.29) is 11.3 Å². The molecule has 0 aromatic heterocycles. The van der Waals surface area contributed by atoms with Gasteiger partial charge in [0, 0.05) is 11.6 Å². The van der Waals surface area contributed by atoms with Gasteiger partial charge in [-0.25, -0.2) is 14.0 Å². The third kappa shape index (κ3) is 4.01. The predicted molar refractivity (Wildman–Crippen MR) is 74.5 cm³/mol. The number of carboxylic acid groups (broad SMARTS) is 1. The number of hydrogen-bond donors (Lipinski definition) is 1. The van der Waals surface area contributed by atoms with E-state index in [9.17, 15) is 14.0 Å². The zero-order valence-electron chi connectivity index (χ0n) is 10.8. The van der Waals surface area contributed by atoms with Crippen LogP contribution in [0.3, 0.4) is 0 Å². The highest BCUT2D eigenvalue weighted by atomic mass is 19.1. The van der Waals surface area contributed by atoms with Gasteiger partial charge in [0.15, 0.2) is 0 Å². The van der Waals surface area contributed by atoms with Gasteiger partial charge in [-0.3, -0.25) is 0 Å². The minimum atomic E-state index is -1.10. The Morgan fingerprint density at radius 3 is 2.38 bits per heavy atom. The average molecular weight is 286 g/mol. The van der Waals surface area contributed by atoms with Crippen LogP contribution in [0.2, 0.25) is 0 Å². The first-order chi connectivity index (χ1) is 10.1. The number of carboxylic acids is 1. The van der Waals surface area contributed by atoms with E-state index in [0.717, 1.165) is 18.2 Å². The highest BCUT2D eigenvalue weighted by Gasteiger charge is 2.10. The number of aliphatic carboxylic acids is 1. The molecule has 0 atom stereocenters. The van der Waals surface area contributed by atoms with Crippen molar-refractivity contribution in [2.45, 2.75) is 0 Å². The lowest BCUT2D eigenvalue weighted by molar-refractivity contribution is -0.131. The Balaban J connectivity index is 2.21. The van der Waals surface area contributed by atoms with Crippen LogP contribution in [0.25, 0.3) is 6.08 Å². The smallest absolute Gasteiger partial charge is 0.343 e. The lowest BCUT2D eigenvalue weighted by Crippen LogP contribution is -2.09. The predicted octanol–water partition coefficient (Wildman–Crippen LogP) is 3.14. The molecular formula is C16H11FO4. The standard InChI is InChI=1S/C16H11FO4/c17-13-8-5-12(6-9-13)16(20)21-14-4-2-1-3-11(14)7-10-15(18)19/h1-10H,(H,18,19)/b10-7+. The molecule has 0 aliphatic carbocycles. The van der Waals surface area contributed by atoms with Crippen molar-refractivity contribution in [3.8, 4) is 5.75 Å². The summed E-state index contributed by atoms with van der Waals surface area (Å²) in [6.45, 7) is 0. The van der Waals surface area contributed by atoms with Gasteiger partial charge in [0.25, 0.3) is 0 Å². The van der Waals surface area contributed by atoms with Gasteiger partial charge in [0.2, 0.25) is 0 Å². The molecule has 1 N–H and O–H groups in total. The second-order valence-electron chi connectivity index (χ2n) is 4.11. The van der Waals surface area contributed by atoms with Gasteiger partial charge in [-0.05, 0) is 36.4 Å². The summed E-state index contributed by atoms with van der Waals surface area (Å²) in [5.41, 5.74) is 0.656. The molecule has 106 valence electrons. The zero-order chi connectivity index (χ0) is 15.2. The minimum absolute atomic E-state index is 0.202. The van der Waals surface area contributed by atoms with Crippen LogP contribution in [0.5, 0.6) is 5.75 Å². The molecule has 0 amide bonds. The van der Waals surface area contributed by atoms with Gasteiger partial charge in [0.1, 0.15) is 11.6 Å². The summed E-state index contributed by atoms with van der Waals surface area (Å²) >= 11 is 0. The first kappa shape index (κ1) is 14.5. The van der Waals surface area contributed by atoms with Crippen molar-refractivity contribution in [2.24, 2.45) is 0 Å². The van der Waals surface area contributed by atoms with E-state index in [2.05, 4.69) is 0 Å². The van der Waals surface area contributed by atoms with Gasteiger partial charge in [-0.15, -0.1) is 0 Å². The Morgan fingerprint density at radius 2 is 1.71 bits per heavy atom. The summed E-state index contributed by atoms with van der Waals surface area (Å²) in [5, 5.41) is 8.62. The minimum Gasteiger partial charge on any atom is -0.478 e. The Kier molecular flexibility index (Phi) is 4.46. The van der Waals surface area contributed by atoms with Crippen LogP contribution in [0.4, 0.5) is 4.39 Å². The van der Waals surface area contributed by atoms with Gasteiger partial charge >= 0.3 is 11.9 Å². The monoisotopic (exact) mass is 286 g/mol. The van der Waals surface area contributed by atoms with E-state index in [1.807, 2.05) is 0 Å². The van der Waals surface area contributed by atoms with Crippen molar-refractivity contribution in [1.82, 2.24) is 0 Å². The molecule has 0 aliphatic rings. The number of ether oxygens (including phenoxy) is 1. The van der Waals surface area contributed by atoms with Crippen molar-refractivity contribution >= 4 is 18.0 Å². The molecule has 21 heavy (non-hydrogen) atoms. The summed E-state index contributed by atoms with van der Waals surface area (Å²) in [6.07, 6.45) is 2.28. The molecule has 0 spiro atoms. The van der Waals surface area contributed by atoms with Crippen LogP contribution in [-0.2, 0) is 4.79 Å². The molecule has 0 heterocycles. The van der Waals surface area contributed by atoms with E-state index >= 15 is 0 Å². The van der Waals surface area contributed by atoms with E-state index < -0.39 is 17.8 Å². The first-order valence-electron chi connectivity index (χ1n) is 6.04. The van der Waals surface area contributed by atoms with Crippen LogP contribution in [0.15, 0.2) is 54.6 Å². The maximum Gasteiger partial charge on any atom is 0.343 e. The Labute approximate surface area is 120 Å². The average Bonchev–Trinajstić information content (AvgIpc) is 2.47. The third-order valence-electron chi connectivity index (χ3n) is 2.61. The topological polar surface area (TPSA) is 63.6 Å². The highest BCUT2D eigenvalue weighted by molar-refractivity contribution is 5.92. The highest BCUT2D eigenvalue weighted by Crippen LogP contribution is 2.21. The molecule has 2 aromatic carbocycles. The quantitative estimate of drug-likeness (QED) is 0.533. The second kappa shape index (κ2) is 6.47. The van der Waals surface area contributed by atoms with Crippen molar-refractivity contribution in [2.75, 3.05) is 0 Å². The van der Waals surface area contributed by atoms with Crippen molar-refractivity contribution in [1.29, 1.82) is 0 Å². The van der Waals surface area contributed by atoms with E-state index in [4.69, 9.17) is 9.84 Å². The summed E-state index contributed by atoms with van der Waals surface area (Å²) in [5.74, 6) is -1.97. The van der Waals surface area contributed by atoms with E-state index in [1.165, 1.54) is 18.2 Å². The fourth-order valence-electron chi connectivity index (χ4n) is 1.62. The van der Waals surface area contributed by atoms with Crippen LogP contribution in [0.1, 0.15) is 15.9 Å². The van der Waals surface area contributed by atoms with Crippen LogP contribution < -0.4 is 4.74 Å². The molecule has 0 saturated heterocycles. The molecule has 2 aromatic rings. The molecule has 0 saturated carbocycles. The number of esters is 1. The molecule has 0 fully saturated rings. The lowest BCUT2D eigenvalue weighted by atomic mass is 10.2. The Morgan fingerprint density at radius 1 is 1.05 bits per heavy atom. The second-order valence-corrected chi connectivity index (χ2v) is 4.11. The maximum atomic E-state index is 12.8. The van der Waals surface area contributed by atoms with Crippen molar-refractivity contribution < 1.29 is 23.8 Å². The summed E-state index contributed by atoms with van der Waals surface area (Å²) in [7, 11) is 0. The first-order valence-corrected chi connectivity index (χ1v) is 6.04. The van der Waals surface area contributed by atoms with Crippen LogP contribution in [-0.4, -0.2) is 17.0 Å². The molecule has 0 unspecified atom stereocenters. The molecular weight excluding hydrogens is 275 g/mol. The fourth-order valence-corrected chi connectivity index (χ4v) is 1.62. The van der Waals surface area contributed by atoms with Crippen LogP contribution >= 0.6 is 0 Å². The Bertz CT molecular complexity index is 690. The number of carbonyl (C=O) groups excluding carboxylic acids is 1. The van der Waals surface area contributed by atoms with E-state index in [0.29, 0.717) is 5.56 Å². The lowest BCUT2D eigenvalue weighted by Gasteiger charge is -2.07.